The van der Waals surface area contributed by atoms with Crippen molar-refractivity contribution >= 4 is 46.0 Å². The van der Waals surface area contributed by atoms with E-state index in [0.717, 1.165) is 3.57 Å². The summed E-state index contributed by atoms with van der Waals surface area (Å²) in [5, 5.41) is 3.09. The topological polar surface area (TPSA) is 58.6 Å². The van der Waals surface area contributed by atoms with Gasteiger partial charge in [-0.25, -0.2) is 0 Å². The van der Waals surface area contributed by atoms with Gasteiger partial charge in [0.1, 0.15) is 11.8 Å². The number of hydrogen-bond donors (Lipinski definition) is 1. The van der Waals surface area contributed by atoms with E-state index in [1.165, 1.54) is 18.1 Å². The molecule has 1 aromatic rings. The lowest BCUT2D eigenvalue weighted by atomic mass is 10.1. The third-order valence-electron chi connectivity index (χ3n) is 2.65. The van der Waals surface area contributed by atoms with Crippen LogP contribution in [0.15, 0.2) is 12.1 Å². The van der Waals surface area contributed by atoms with Crippen molar-refractivity contribution in [2.75, 3.05) is 21.2 Å². The molecule has 0 aromatic heterocycles. The van der Waals surface area contributed by atoms with Gasteiger partial charge in [-0.05, 0) is 41.6 Å². The number of nitrogens with zero attached hydrogens (tertiary/aromatic N) is 1. The SMILES string of the molecule is COc1cc(I)c(Cl)cc1C(=O)N[C@@H](C)C(=O)N(C)C. The Balaban J connectivity index is 2.98. The summed E-state index contributed by atoms with van der Waals surface area (Å²) in [6.07, 6.45) is 0. The Labute approximate surface area is 136 Å². The molecule has 0 aliphatic heterocycles. The monoisotopic (exact) mass is 410 g/mol. The highest BCUT2D eigenvalue weighted by molar-refractivity contribution is 14.1. The summed E-state index contributed by atoms with van der Waals surface area (Å²) in [6, 6.07) is 2.58. The molecule has 0 bridgehead atoms. The third kappa shape index (κ3) is 3.99. The van der Waals surface area contributed by atoms with Crippen LogP contribution in [-0.4, -0.2) is 44.0 Å². The largest absolute Gasteiger partial charge is 0.496 e. The first kappa shape index (κ1) is 17.0. The molecule has 0 fully saturated rings. The van der Waals surface area contributed by atoms with E-state index >= 15 is 0 Å². The second kappa shape index (κ2) is 7.12. The van der Waals surface area contributed by atoms with Gasteiger partial charge in [-0.1, -0.05) is 11.6 Å². The van der Waals surface area contributed by atoms with Crippen molar-refractivity contribution in [1.82, 2.24) is 10.2 Å². The summed E-state index contributed by atoms with van der Waals surface area (Å²) in [4.78, 5) is 25.4. The van der Waals surface area contributed by atoms with Gasteiger partial charge in [0.2, 0.25) is 5.91 Å². The van der Waals surface area contributed by atoms with E-state index in [9.17, 15) is 9.59 Å². The molecule has 5 nitrogen and oxygen atoms in total. The highest BCUT2D eigenvalue weighted by atomic mass is 127. The normalized spacial score (nSPS) is 11.7. The van der Waals surface area contributed by atoms with Crippen LogP contribution < -0.4 is 10.1 Å². The van der Waals surface area contributed by atoms with E-state index < -0.39 is 11.9 Å². The van der Waals surface area contributed by atoms with E-state index in [2.05, 4.69) is 27.9 Å². The highest BCUT2D eigenvalue weighted by Gasteiger charge is 2.21. The first-order valence-electron chi connectivity index (χ1n) is 5.83. The zero-order valence-corrected chi connectivity index (χ0v) is 14.6. The van der Waals surface area contributed by atoms with Crippen molar-refractivity contribution in [3.63, 3.8) is 0 Å². The van der Waals surface area contributed by atoms with Crippen LogP contribution in [0.1, 0.15) is 17.3 Å². The summed E-state index contributed by atoms with van der Waals surface area (Å²) in [7, 11) is 4.74. The molecule has 1 rings (SSSR count). The summed E-state index contributed by atoms with van der Waals surface area (Å²) in [5.74, 6) is -0.169. The standard InChI is InChI=1S/C13H16ClIN2O3/c1-7(13(19)17(2)3)16-12(18)8-5-9(14)10(15)6-11(8)20-4/h5-7H,1-4H3,(H,16,18)/t7-/m0/s1. The van der Waals surface area contributed by atoms with Gasteiger partial charge in [-0.3, -0.25) is 9.59 Å². The highest BCUT2D eigenvalue weighted by Crippen LogP contribution is 2.28. The Morgan fingerprint density at radius 3 is 2.50 bits per heavy atom. The number of carbonyl (C=O) groups is 2. The Morgan fingerprint density at radius 1 is 1.40 bits per heavy atom. The number of carbonyl (C=O) groups excluding carboxylic acids is 2. The summed E-state index contributed by atoms with van der Waals surface area (Å²) >= 11 is 8.07. The number of hydrogen-bond acceptors (Lipinski definition) is 3. The zero-order valence-electron chi connectivity index (χ0n) is 11.7. The molecule has 0 unspecified atom stereocenters. The van der Waals surface area contributed by atoms with Crippen molar-refractivity contribution < 1.29 is 14.3 Å². The molecule has 20 heavy (non-hydrogen) atoms. The minimum absolute atomic E-state index is 0.186. The van der Waals surface area contributed by atoms with E-state index in [1.807, 2.05) is 0 Å². The number of likely N-dealkylation sites (N-methyl/N-ethyl adjacent to an activating group) is 1. The van der Waals surface area contributed by atoms with Crippen LogP contribution >= 0.6 is 34.2 Å². The number of halogens is 2. The van der Waals surface area contributed by atoms with Crippen molar-refractivity contribution in [3.8, 4) is 5.75 Å². The number of ether oxygens (including phenoxy) is 1. The lowest BCUT2D eigenvalue weighted by molar-refractivity contribution is -0.130. The van der Waals surface area contributed by atoms with Crippen LogP contribution in [0, 0.1) is 3.57 Å². The van der Waals surface area contributed by atoms with Gasteiger partial charge in [0, 0.05) is 17.7 Å². The molecule has 0 saturated carbocycles. The number of benzene rings is 1. The Hall–Kier alpha value is -1.02. The van der Waals surface area contributed by atoms with Gasteiger partial charge in [0.05, 0.1) is 17.7 Å². The fraction of sp³-hybridized carbons (Fsp3) is 0.385. The van der Waals surface area contributed by atoms with Crippen molar-refractivity contribution in [3.05, 3.63) is 26.3 Å². The molecule has 1 atom stereocenters. The number of amides is 2. The van der Waals surface area contributed by atoms with E-state index in [0.29, 0.717) is 16.3 Å². The molecule has 0 radical (unpaired) electrons. The molecule has 0 aliphatic rings. The number of rotatable bonds is 4. The third-order valence-corrected chi connectivity index (χ3v) is 4.17. The number of nitrogens with one attached hydrogen (secondary N) is 1. The van der Waals surface area contributed by atoms with Crippen LogP contribution in [0.2, 0.25) is 5.02 Å². The minimum Gasteiger partial charge on any atom is -0.496 e. The molecule has 110 valence electrons. The van der Waals surface area contributed by atoms with E-state index in [1.54, 1.807) is 27.1 Å². The molecule has 0 spiro atoms. The molecule has 1 N–H and O–H groups in total. The van der Waals surface area contributed by atoms with Crippen molar-refractivity contribution in [1.29, 1.82) is 0 Å². The Kier molecular flexibility index (Phi) is 6.07. The summed E-state index contributed by atoms with van der Waals surface area (Å²) < 4.78 is 5.96. The minimum atomic E-state index is -0.625. The molecule has 7 heteroatoms. The Bertz CT molecular complexity index is 535. The van der Waals surface area contributed by atoms with Crippen LogP contribution in [-0.2, 0) is 4.79 Å². The van der Waals surface area contributed by atoms with Gasteiger partial charge in [0.25, 0.3) is 5.91 Å². The van der Waals surface area contributed by atoms with Gasteiger partial charge >= 0.3 is 0 Å². The maximum Gasteiger partial charge on any atom is 0.255 e. The van der Waals surface area contributed by atoms with Crippen LogP contribution in [0.3, 0.4) is 0 Å². The second-order valence-electron chi connectivity index (χ2n) is 4.39. The smallest absolute Gasteiger partial charge is 0.255 e. The molecule has 2 amide bonds. The fourth-order valence-electron chi connectivity index (χ4n) is 1.60. The van der Waals surface area contributed by atoms with Crippen LogP contribution in [0.25, 0.3) is 0 Å². The van der Waals surface area contributed by atoms with Gasteiger partial charge in [-0.15, -0.1) is 0 Å². The van der Waals surface area contributed by atoms with E-state index in [4.69, 9.17) is 16.3 Å². The van der Waals surface area contributed by atoms with Gasteiger partial charge < -0.3 is 15.0 Å². The Morgan fingerprint density at radius 2 is 2.00 bits per heavy atom. The summed E-state index contributed by atoms with van der Waals surface area (Å²) in [5.41, 5.74) is 0.302. The van der Waals surface area contributed by atoms with Crippen molar-refractivity contribution in [2.24, 2.45) is 0 Å². The molecule has 0 heterocycles. The average Bonchev–Trinajstić information content (AvgIpc) is 2.39. The first-order chi connectivity index (χ1) is 9.27. The van der Waals surface area contributed by atoms with Crippen molar-refractivity contribution in [2.45, 2.75) is 13.0 Å². The average molecular weight is 411 g/mol. The lowest BCUT2D eigenvalue weighted by Gasteiger charge is -2.18. The maximum absolute atomic E-state index is 12.2. The van der Waals surface area contributed by atoms with Crippen LogP contribution in [0.4, 0.5) is 0 Å². The van der Waals surface area contributed by atoms with Gasteiger partial charge in [0.15, 0.2) is 0 Å². The quantitative estimate of drug-likeness (QED) is 0.774. The predicted molar refractivity (Wildman–Crippen MR) is 86.3 cm³/mol. The molecule has 0 saturated heterocycles. The molecular formula is C13H16ClIN2O3. The first-order valence-corrected chi connectivity index (χ1v) is 7.28. The summed E-state index contributed by atoms with van der Waals surface area (Å²) in [6.45, 7) is 1.63. The molecule has 1 aromatic carbocycles. The second-order valence-corrected chi connectivity index (χ2v) is 5.96. The number of methoxy groups -OCH3 is 1. The lowest BCUT2D eigenvalue weighted by Crippen LogP contribution is -2.44. The maximum atomic E-state index is 12.2. The zero-order chi connectivity index (χ0) is 15.4. The fourth-order valence-corrected chi connectivity index (χ4v) is 2.20. The molecule has 0 aliphatic carbocycles. The van der Waals surface area contributed by atoms with E-state index in [-0.39, 0.29) is 5.91 Å². The van der Waals surface area contributed by atoms with Gasteiger partial charge in [-0.2, -0.15) is 0 Å². The van der Waals surface area contributed by atoms with Crippen LogP contribution in [0.5, 0.6) is 5.75 Å². The molecular weight excluding hydrogens is 395 g/mol. The predicted octanol–water partition coefficient (Wildman–Crippen LogP) is 2.16.